The first-order valence-electron chi connectivity index (χ1n) is 38.9. The van der Waals surface area contributed by atoms with E-state index < -0.39 is 23.6 Å². The molecular formula is C95H79N19O12S. The summed E-state index contributed by atoms with van der Waals surface area (Å²) < 4.78 is 26.4. The lowest BCUT2D eigenvalue weighted by molar-refractivity contribution is 0.0991. The Balaban J connectivity index is 0.000000145. The second-order valence-electron chi connectivity index (χ2n) is 27.8. The number of rotatable bonds is 28. The van der Waals surface area contributed by atoms with Gasteiger partial charge in [-0.3, -0.25) is 68.3 Å². The molecule has 0 bridgehead atoms. The van der Waals surface area contributed by atoms with Gasteiger partial charge < -0.3 is 67.7 Å². The fourth-order valence-corrected chi connectivity index (χ4v) is 12.6. The highest BCUT2D eigenvalue weighted by Gasteiger charge is 2.17. The highest BCUT2D eigenvalue weighted by atomic mass is 32.1. The Labute approximate surface area is 730 Å². The van der Waals surface area contributed by atoms with Gasteiger partial charge in [0.15, 0.2) is 5.82 Å². The van der Waals surface area contributed by atoms with Crippen molar-refractivity contribution in [2.75, 3.05) is 21.3 Å². The first kappa shape index (κ1) is 87.3. The van der Waals surface area contributed by atoms with E-state index in [1.807, 2.05) is 170 Å². The molecule has 5 aromatic carbocycles. The Bertz CT molecular complexity index is 6340. The number of benzene rings is 5. The number of thiophene rings is 1. The predicted molar refractivity (Wildman–Crippen MR) is 478 cm³/mol. The lowest BCUT2D eigenvalue weighted by Gasteiger charge is -2.12. The van der Waals surface area contributed by atoms with Crippen LogP contribution in [0.3, 0.4) is 0 Å². The van der Waals surface area contributed by atoms with E-state index in [-0.39, 0.29) is 72.3 Å². The Morgan fingerprint density at radius 2 is 0.740 bits per heavy atom. The van der Waals surface area contributed by atoms with E-state index in [9.17, 15) is 38.4 Å². The summed E-state index contributed by atoms with van der Waals surface area (Å²) in [5.41, 5.74) is 34.6. The summed E-state index contributed by atoms with van der Waals surface area (Å²) in [6, 6.07) is 65.3. The third-order valence-electron chi connectivity index (χ3n) is 18.7. The third kappa shape index (κ3) is 25.1. The zero-order chi connectivity index (χ0) is 89.0. The minimum atomic E-state index is -0.574. The van der Waals surface area contributed by atoms with Crippen molar-refractivity contribution in [1.82, 2.24) is 54.2 Å². The summed E-state index contributed by atoms with van der Waals surface area (Å²) in [5.74, 6) is -0.244. The number of nitrogens with two attached hydrogens (primary N) is 4. The van der Waals surface area contributed by atoms with Crippen LogP contribution in [-0.4, -0.2) is 101 Å². The van der Waals surface area contributed by atoms with Gasteiger partial charge in [-0.1, -0.05) is 72.8 Å². The molecule has 0 aliphatic heterocycles. The van der Waals surface area contributed by atoms with Crippen LogP contribution in [0.5, 0.6) is 23.0 Å². The number of primary amides is 4. The molecule has 0 saturated heterocycles. The molecule has 31 nitrogen and oxygen atoms in total. The van der Waals surface area contributed by atoms with Crippen molar-refractivity contribution >= 4 is 81.3 Å². The van der Waals surface area contributed by atoms with Crippen molar-refractivity contribution in [1.29, 1.82) is 0 Å². The van der Waals surface area contributed by atoms with Gasteiger partial charge in [-0.15, -0.1) is 11.3 Å². The molecule has 0 aliphatic carbocycles. The fraction of sp³-hybridized carbons (Fsp3) is 0.0632. The number of amides is 8. The molecule has 16 rings (SSSR count). The predicted octanol–water partition coefficient (Wildman–Crippen LogP) is 14.6. The van der Waals surface area contributed by atoms with E-state index in [0.717, 1.165) is 61.0 Å². The lowest BCUT2D eigenvalue weighted by atomic mass is 10.1. The minimum Gasteiger partial charge on any atom is -0.487 e. The molecule has 0 atom stereocenters. The van der Waals surface area contributed by atoms with Gasteiger partial charge in [0.2, 0.25) is 23.6 Å². The van der Waals surface area contributed by atoms with Gasteiger partial charge in [-0.25, -0.2) is 14.6 Å². The monoisotopic (exact) mass is 1710 g/mol. The molecule has 127 heavy (non-hydrogen) atoms. The lowest BCUT2D eigenvalue weighted by Crippen LogP contribution is -2.13. The van der Waals surface area contributed by atoms with Gasteiger partial charge in [0.1, 0.15) is 55.2 Å². The minimum absolute atomic E-state index is 0.230. The molecule has 0 spiro atoms. The third-order valence-corrected chi connectivity index (χ3v) is 19.6. The molecule has 0 radical (unpaired) electrons. The highest BCUT2D eigenvalue weighted by Crippen LogP contribution is 2.27. The summed E-state index contributed by atoms with van der Waals surface area (Å²) >= 11 is 1.60. The number of nitrogens with zero attached hydrogens (tertiary/aromatic N) is 11. The molecular weight excluding hydrogens is 1630 g/mol. The molecule has 0 saturated carbocycles. The van der Waals surface area contributed by atoms with Crippen molar-refractivity contribution in [2.45, 2.75) is 40.3 Å². The van der Waals surface area contributed by atoms with E-state index in [1.165, 1.54) is 74.1 Å². The van der Waals surface area contributed by atoms with Crippen LogP contribution in [0.25, 0.3) is 33.5 Å². The molecule has 16 aromatic rings. The number of nitrogens with one attached hydrogen (secondary N) is 4. The fourth-order valence-electron chi connectivity index (χ4n) is 11.9. The Hall–Kier alpha value is -17.6. The van der Waals surface area contributed by atoms with Crippen LogP contribution in [-0.2, 0) is 26.4 Å². The maximum absolute atomic E-state index is 12.7. The van der Waals surface area contributed by atoms with Crippen molar-refractivity contribution in [3.63, 3.8) is 0 Å². The van der Waals surface area contributed by atoms with Crippen LogP contribution in [0.4, 0.5) is 22.7 Å². The van der Waals surface area contributed by atoms with E-state index in [2.05, 4.69) is 66.2 Å². The van der Waals surface area contributed by atoms with E-state index in [4.69, 9.17) is 41.9 Å². The topological polar surface area (TPSA) is 452 Å². The van der Waals surface area contributed by atoms with Gasteiger partial charge in [0.25, 0.3) is 23.6 Å². The molecule has 632 valence electrons. The second kappa shape index (κ2) is 42.6. The summed E-state index contributed by atoms with van der Waals surface area (Å²) in [7, 11) is 0. The smallest absolute Gasteiger partial charge is 0.257 e. The van der Waals surface area contributed by atoms with Crippen LogP contribution in [0, 0.1) is 13.8 Å². The molecule has 0 unspecified atom stereocenters. The van der Waals surface area contributed by atoms with Gasteiger partial charge in [0.05, 0.1) is 85.6 Å². The van der Waals surface area contributed by atoms with Gasteiger partial charge in [-0.2, -0.15) is 5.10 Å². The van der Waals surface area contributed by atoms with Crippen LogP contribution in [0.2, 0.25) is 0 Å². The summed E-state index contributed by atoms with van der Waals surface area (Å²) in [6.45, 7) is 4.86. The Kier molecular flexibility index (Phi) is 29.3. The number of hydrogen-bond acceptors (Lipinski definition) is 22. The average Bonchev–Trinajstić information content (AvgIpc) is 1.79. The Morgan fingerprint density at radius 1 is 0.339 bits per heavy atom. The molecule has 8 amide bonds. The largest absolute Gasteiger partial charge is 0.487 e. The molecule has 12 N–H and O–H groups in total. The Morgan fingerprint density at radius 3 is 1.12 bits per heavy atom. The van der Waals surface area contributed by atoms with Gasteiger partial charge in [0, 0.05) is 103 Å². The number of aryl methyl sites for hydroxylation is 2. The number of hydrogen-bond donors (Lipinski definition) is 8. The number of carbonyl (C=O) groups is 8. The SMILES string of the molecule is Cc1ccc(NC(=O)c2ccc(-c3ccccc3)nc2)cc1COc1cncc(C(N)=O)c1.Cc1ccc(NC(=O)c2ccc(-c3cccs3)nc2)cc1COc1cncc(C(N)=O)c1.NC(=O)c1cncc(OCc2cccc(NC(=O)c3ccc(-n4cccc4)nc3)c2)c1.NC(=O)c1cncc(OCc2cccc(NC(=O)c3ccc(-n4cccn4)nc3)c2)c1. The molecule has 32 heteroatoms. The molecule has 11 heterocycles. The van der Waals surface area contributed by atoms with Crippen molar-refractivity contribution in [2.24, 2.45) is 22.9 Å². The normalized spacial score (nSPS) is 10.5. The van der Waals surface area contributed by atoms with Gasteiger partial charge in [-0.05, 0) is 198 Å². The summed E-state index contributed by atoms with van der Waals surface area (Å²) in [6.07, 6.45) is 24.9. The van der Waals surface area contributed by atoms with Crippen molar-refractivity contribution in [3.8, 4) is 56.5 Å². The quantitative estimate of drug-likeness (QED) is 0.0226. The first-order chi connectivity index (χ1) is 61.6. The van der Waals surface area contributed by atoms with Gasteiger partial charge >= 0.3 is 0 Å². The summed E-state index contributed by atoms with van der Waals surface area (Å²) in [5, 5.41) is 17.6. The summed E-state index contributed by atoms with van der Waals surface area (Å²) in [4.78, 5) is 130. The van der Waals surface area contributed by atoms with Crippen LogP contribution < -0.4 is 63.1 Å². The maximum atomic E-state index is 12.7. The number of aromatic nitrogens is 11. The van der Waals surface area contributed by atoms with Crippen molar-refractivity contribution in [3.05, 3.63) is 401 Å². The van der Waals surface area contributed by atoms with Crippen LogP contribution in [0.15, 0.2) is 323 Å². The molecule has 0 aliphatic rings. The maximum Gasteiger partial charge on any atom is 0.257 e. The van der Waals surface area contributed by atoms with Crippen LogP contribution in [0.1, 0.15) is 116 Å². The number of pyridine rings is 8. The first-order valence-corrected chi connectivity index (χ1v) is 39.7. The number of ether oxygens (including phenoxy) is 4. The zero-order valence-electron chi connectivity index (χ0n) is 68.0. The average molecular weight is 1710 g/mol. The number of carbonyl (C=O) groups excluding carboxylic acids is 8. The standard InChI is InChI=1S/C26H22N4O3.C24H20N4O3S.C23H19N5O3.C22H18N6O3/c1-17-7-9-22(11-21(17)16-33-23-12-20(25(27)31)13-28-15-23)30-26(32)19-8-10-24(29-14-19)18-5-3-2-4-6-18;1-15-4-6-19(9-18(15)14-31-20-10-17(23(25)29)11-26-13-20)28-24(30)16-5-7-21(27-12-16)22-3-2-8-32-22;24-22(29)18-11-20(14-25-12-18)31-15-16-4-3-5-19(10-16)27-23(30)17-6-7-21(26-13-17)28-8-1-2-9-28;23-21(29)17-10-19(13-24-11-17)31-14-15-3-1-4-18(9-15)27-22(30)16-5-6-20(25-12-16)28-8-2-7-26-28/h2-15H,16H2,1H3,(H2,27,31)(H,30,32);2-13H,14H2,1H3,(H2,25,29)(H,28,30);1-14H,15H2,(H2,24,29)(H,27,30);1-13H,14H2,(H2,23,29)(H,27,30). The highest BCUT2D eigenvalue weighted by molar-refractivity contribution is 7.13. The molecule has 0 fully saturated rings. The van der Waals surface area contributed by atoms with E-state index in [0.29, 0.717) is 73.8 Å². The van der Waals surface area contributed by atoms with Crippen LogP contribution >= 0.6 is 11.3 Å². The van der Waals surface area contributed by atoms with E-state index >= 15 is 0 Å². The molecule has 11 aromatic heterocycles. The zero-order valence-corrected chi connectivity index (χ0v) is 68.8. The second-order valence-corrected chi connectivity index (χ2v) is 28.8. The number of anilines is 4. The van der Waals surface area contributed by atoms with E-state index in [1.54, 1.807) is 114 Å². The van der Waals surface area contributed by atoms with Crippen molar-refractivity contribution < 1.29 is 57.3 Å².